The van der Waals surface area contributed by atoms with Crippen LogP contribution in [0.1, 0.15) is 18.3 Å². The van der Waals surface area contributed by atoms with Crippen molar-refractivity contribution < 1.29 is 19.4 Å². The number of aromatic amines is 1. The van der Waals surface area contributed by atoms with Crippen molar-refractivity contribution in [2.75, 3.05) is 20.8 Å². The van der Waals surface area contributed by atoms with Gasteiger partial charge < -0.3 is 24.4 Å². The summed E-state index contributed by atoms with van der Waals surface area (Å²) in [4.78, 5) is 12.6. The Morgan fingerprint density at radius 1 is 1.21 bits per heavy atom. The molecule has 0 aliphatic rings. The third kappa shape index (κ3) is 4.30. The molecular formula is C21H20N4O4. The predicted molar refractivity (Wildman–Crippen MR) is 109 cm³/mol. The van der Waals surface area contributed by atoms with Crippen molar-refractivity contribution in [3.8, 4) is 17.6 Å². The number of imidazole rings is 1. The van der Waals surface area contributed by atoms with E-state index >= 15 is 0 Å². The molecule has 0 spiro atoms. The maximum Gasteiger partial charge on any atom is 0.175 e. The number of nitriles is 1. The van der Waals surface area contributed by atoms with Crippen molar-refractivity contribution >= 4 is 22.3 Å². The average molecular weight is 392 g/mol. The number of H-pyrrole nitrogens is 1. The number of hydrogen-bond acceptors (Lipinski definition) is 7. The summed E-state index contributed by atoms with van der Waals surface area (Å²) >= 11 is 0. The monoisotopic (exact) mass is 392 g/mol. The van der Waals surface area contributed by atoms with E-state index < -0.39 is 0 Å². The van der Waals surface area contributed by atoms with Crippen LogP contribution in [-0.4, -0.2) is 41.6 Å². The van der Waals surface area contributed by atoms with Gasteiger partial charge in [0.1, 0.15) is 23.1 Å². The van der Waals surface area contributed by atoms with Crippen LogP contribution in [0, 0.1) is 11.3 Å². The summed E-state index contributed by atoms with van der Waals surface area (Å²) in [5.74, 6) is 1.23. The average Bonchev–Trinajstić information content (AvgIpc) is 3.17. The normalized spacial score (nSPS) is 12.3. The van der Waals surface area contributed by atoms with E-state index in [-0.39, 0.29) is 23.8 Å². The zero-order chi connectivity index (χ0) is 20.8. The molecule has 0 unspecified atom stereocenters. The lowest BCUT2D eigenvalue weighted by Gasteiger charge is -2.10. The predicted octanol–water partition coefficient (Wildman–Crippen LogP) is 3.81. The molecule has 0 aliphatic heterocycles. The van der Waals surface area contributed by atoms with E-state index in [1.54, 1.807) is 39.3 Å². The number of allylic oxidation sites excluding steroid dienone is 1. The molecule has 1 aromatic heterocycles. The minimum Gasteiger partial charge on any atom is -0.507 e. The maximum atomic E-state index is 10.3. The summed E-state index contributed by atoms with van der Waals surface area (Å²) in [5.41, 5.74) is 2.72. The Hall–Kier alpha value is -3.99. The van der Waals surface area contributed by atoms with Crippen LogP contribution in [0.4, 0.5) is 0 Å². The number of aromatic nitrogens is 2. The summed E-state index contributed by atoms with van der Waals surface area (Å²) < 4.78 is 10.5. The van der Waals surface area contributed by atoms with Crippen LogP contribution in [0.15, 0.2) is 53.4 Å². The maximum absolute atomic E-state index is 10.3. The minimum atomic E-state index is -0.282. The largest absolute Gasteiger partial charge is 0.507 e. The van der Waals surface area contributed by atoms with Gasteiger partial charge >= 0.3 is 0 Å². The molecule has 2 N–H and O–H groups in total. The summed E-state index contributed by atoms with van der Waals surface area (Å²) in [6.07, 6.45) is 0. The van der Waals surface area contributed by atoms with Crippen LogP contribution in [0.3, 0.4) is 0 Å². The summed E-state index contributed by atoms with van der Waals surface area (Å²) in [7, 11) is 3.12. The highest BCUT2D eigenvalue weighted by Crippen LogP contribution is 2.25. The van der Waals surface area contributed by atoms with E-state index in [0.717, 1.165) is 11.1 Å². The van der Waals surface area contributed by atoms with E-state index in [9.17, 15) is 10.4 Å². The van der Waals surface area contributed by atoms with Crippen LogP contribution in [-0.2, 0) is 4.84 Å². The first-order valence-electron chi connectivity index (χ1n) is 8.73. The van der Waals surface area contributed by atoms with Crippen molar-refractivity contribution in [3.63, 3.8) is 0 Å². The zero-order valence-electron chi connectivity index (χ0n) is 16.3. The van der Waals surface area contributed by atoms with Crippen molar-refractivity contribution in [1.82, 2.24) is 9.97 Å². The van der Waals surface area contributed by atoms with Crippen LogP contribution in [0.2, 0.25) is 0 Å². The molecule has 3 rings (SSSR count). The number of aliphatic hydroxyl groups excluding tert-OH is 1. The molecule has 0 saturated heterocycles. The van der Waals surface area contributed by atoms with Crippen LogP contribution >= 0.6 is 0 Å². The lowest BCUT2D eigenvalue weighted by atomic mass is 10.1. The van der Waals surface area contributed by atoms with Gasteiger partial charge in [-0.1, -0.05) is 17.3 Å². The fourth-order valence-corrected chi connectivity index (χ4v) is 2.73. The zero-order valence-corrected chi connectivity index (χ0v) is 16.3. The highest BCUT2D eigenvalue weighted by atomic mass is 16.6. The Labute approximate surface area is 167 Å². The van der Waals surface area contributed by atoms with E-state index in [2.05, 4.69) is 15.1 Å². The molecule has 1 heterocycles. The Morgan fingerprint density at radius 3 is 2.69 bits per heavy atom. The highest BCUT2D eigenvalue weighted by Gasteiger charge is 2.14. The molecule has 0 fully saturated rings. The third-order valence-electron chi connectivity index (χ3n) is 4.23. The number of fused-ring (bicyclic) bond motifs is 1. The highest BCUT2D eigenvalue weighted by molar-refractivity contribution is 6.01. The molecule has 0 amide bonds. The topological polar surface area (TPSA) is 113 Å². The number of methoxy groups -OCH3 is 2. The number of benzene rings is 2. The molecule has 8 heteroatoms. The number of rotatable bonds is 7. The number of ether oxygens (including phenoxy) is 2. The van der Waals surface area contributed by atoms with E-state index in [4.69, 9.17) is 14.3 Å². The Morgan fingerprint density at radius 2 is 2.00 bits per heavy atom. The fraction of sp³-hybridized carbons (Fsp3) is 0.190. The number of oxime groups is 1. The van der Waals surface area contributed by atoms with E-state index in [1.807, 2.05) is 30.3 Å². The number of nitrogens with zero attached hydrogens (tertiary/aromatic N) is 3. The molecule has 8 nitrogen and oxygen atoms in total. The third-order valence-corrected chi connectivity index (χ3v) is 4.23. The van der Waals surface area contributed by atoms with Gasteiger partial charge in [0.15, 0.2) is 18.2 Å². The first-order valence-corrected chi connectivity index (χ1v) is 8.73. The van der Waals surface area contributed by atoms with Crippen molar-refractivity contribution in [1.29, 1.82) is 5.26 Å². The van der Waals surface area contributed by atoms with Gasteiger partial charge in [-0.15, -0.1) is 0 Å². The molecule has 0 aliphatic carbocycles. The van der Waals surface area contributed by atoms with E-state index in [1.165, 1.54) is 0 Å². The standard InChI is InChI=1S/C21H20N4O4/c1-13(15-9-8-14(27-2)10-20(15)28-3)25-29-12-19(26)16(11-22)21-23-17-6-4-5-7-18(17)24-21/h4-10,26H,12H2,1-3H3,(H,23,24). The van der Waals surface area contributed by atoms with Crippen molar-refractivity contribution in [3.05, 3.63) is 59.6 Å². The quantitative estimate of drug-likeness (QED) is 0.274. The fourth-order valence-electron chi connectivity index (χ4n) is 2.73. The van der Waals surface area contributed by atoms with Gasteiger partial charge in [0.25, 0.3) is 0 Å². The first-order chi connectivity index (χ1) is 14.1. The number of aliphatic hydroxyl groups is 1. The molecule has 0 radical (unpaired) electrons. The molecule has 0 bridgehead atoms. The van der Waals surface area contributed by atoms with Gasteiger partial charge in [-0.05, 0) is 31.2 Å². The second kappa shape index (κ2) is 8.80. The molecular weight excluding hydrogens is 372 g/mol. The van der Waals surface area contributed by atoms with Gasteiger partial charge in [0.2, 0.25) is 0 Å². The number of para-hydroxylation sites is 2. The molecule has 148 valence electrons. The Kier molecular flexibility index (Phi) is 6.00. The van der Waals surface area contributed by atoms with Crippen LogP contribution < -0.4 is 9.47 Å². The first kappa shape index (κ1) is 19.8. The minimum absolute atomic E-state index is 0.00363. The second-order valence-corrected chi connectivity index (χ2v) is 6.05. The number of nitrogens with one attached hydrogen (secondary N) is 1. The summed E-state index contributed by atoms with van der Waals surface area (Å²) in [6.45, 7) is 1.46. The van der Waals surface area contributed by atoms with Gasteiger partial charge in [0.05, 0.1) is 31.0 Å². The van der Waals surface area contributed by atoms with E-state index in [0.29, 0.717) is 22.7 Å². The van der Waals surface area contributed by atoms with Gasteiger partial charge in [-0.2, -0.15) is 5.26 Å². The molecule has 3 aromatic rings. The lowest BCUT2D eigenvalue weighted by molar-refractivity contribution is 0.137. The Bertz CT molecular complexity index is 1090. The van der Waals surface area contributed by atoms with Crippen molar-refractivity contribution in [2.24, 2.45) is 5.16 Å². The molecule has 2 aromatic carbocycles. The van der Waals surface area contributed by atoms with Gasteiger partial charge in [-0.3, -0.25) is 0 Å². The SMILES string of the molecule is COc1ccc(C(C)=NOCC(O)=C(C#N)c2nc3ccccc3[nH]2)c(OC)c1. The van der Waals surface area contributed by atoms with Crippen molar-refractivity contribution in [2.45, 2.75) is 6.92 Å². The molecule has 0 atom stereocenters. The van der Waals surface area contributed by atoms with Crippen LogP contribution in [0.5, 0.6) is 11.5 Å². The number of hydrogen-bond donors (Lipinski definition) is 2. The van der Waals surface area contributed by atoms with Gasteiger partial charge in [-0.25, -0.2) is 4.98 Å². The molecule has 0 saturated carbocycles. The lowest BCUT2D eigenvalue weighted by Crippen LogP contribution is -2.03. The molecule has 29 heavy (non-hydrogen) atoms. The second-order valence-electron chi connectivity index (χ2n) is 6.05. The summed E-state index contributed by atoms with van der Waals surface area (Å²) in [6, 6.07) is 14.6. The summed E-state index contributed by atoms with van der Waals surface area (Å²) in [5, 5.41) is 23.7. The van der Waals surface area contributed by atoms with Gasteiger partial charge in [0, 0.05) is 11.6 Å². The smallest absolute Gasteiger partial charge is 0.175 e. The van der Waals surface area contributed by atoms with Crippen LogP contribution in [0.25, 0.3) is 16.6 Å². The Balaban J connectivity index is 1.78.